The van der Waals surface area contributed by atoms with Crippen LogP contribution in [0.25, 0.3) is 10.8 Å². The van der Waals surface area contributed by atoms with E-state index in [1.807, 2.05) is 31.2 Å². The van der Waals surface area contributed by atoms with Gasteiger partial charge in [0.1, 0.15) is 5.82 Å². The largest absolute Gasteiger partial charge is 0.353 e. The maximum Gasteiger partial charge on any atom is 0.255 e. The zero-order valence-corrected chi connectivity index (χ0v) is 11.7. The smallest absolute Gasteiger partial charge is 0.255 e. The maximum absolute atomic E-state index is 12.5. The number of alkyl halides is 2. The Morgan fingerprint density at radius 1 is 1.25 bits per heavy atom. The summed E-state index contributed by atoms with van der Waals surface area (Å²) in [7, 11) is 1.64. The average Bonchev–Trinajstić information content (AvgIpc) is 2.43. The second kappa shape index (κ2) is 6.61. The minimum Gasteiger partial charge on any atom is -0.353 e. The molecule has 1 aromatic heterocycles. The maximum atomic E-state index is 12.5. The molecule has 0 atom stereocenters. The van der Waals surface area contributed by atoms with Crippen molar-refractivity contribution in [3.8, 4) is 0 Å². The second-order valence-corrected chi connectivity index (χ2v) is 4.70. The van der Waals surface area contributed by atoms with Gasteiger partial charge in [-0.2, -0.15) is 0 Å². The standard InChI is InChI=1S/C15H19F2N3/c1-3-18-8-11-9-19-15(20(2)10-14(16)17)13-7-5-4-6-12(11)13/h4-7,9,14,18H,3,8,10H2,1-2H3. The molecule has 2 aromatic rings. The minimum absolute atomic E-state index is 0.316. The lowest BCUT2D eigenvalue weighted by molar-refractivity contribution is 0.156. The lowest BCUT2D eigenvalue weighted by atomic mass is 10.1. The Morgan fingerprint density at radius 2 is 1.95 bits per heavy atom. The van der Waals surface area contributed by atoms with Gasteiger partial charge < -0.3 is 10.2 Å². The molecule has 0 aliphatic rings. The molecule has 0 radical (unpaired) electrons. The van der Waals surface area contributed by atoms with Gasteiger partial charge in [0, 0.05) is 25.2 Å². The molecular weight excluding hydrogens is 260 g/mol. The molecule has 0 spiro atoms. The van der Waals surface area contributed by atoms with Crippen molar-refractivity contribution in [2.75, 3.05) is 25.0 Å². The third-order valence-corrected chi connectivity index (χ3v) is 3.20. The van der Waals surface area contributed by atoms with E-state index < -0.39 is 6.43 Å². The first-order valence-corrected chi connectivity index (χ1v) is 6.70. The molecule has 5 heteroatoms. The lowest BCUT2D eigenvalue weighted by Crippen LogP contribution is -2.25. The Kier molecular flexibility index (Phi) is 4.84. The lowest BCUT2D eigenvalue weighted by Gasteiger charge is -2.20. The van der Waals surface area contributed by atoms with Gasteiger partial charge in [-0.05, 0) is 17.5 Å². The molecule has 2 rings (SSSR count). The Hall–Kier alpha value is -1.75. The number of fused-ring (bicyclic) bond motifs is 1. The van der Waals surface area contributed by atoms with Gasteiger partial charge in [-0.25, -0.2) is 13.8 Å². The molecule has 0 saturated heterocycles. The highest BCUT2D eigenvalue weighted by Gasteiger charge is 2.14. The van der Waals surface area contributed by atoms with Gasteiger partial charge in [0.15, 0.2) is 0 Å². The summed E-state index contributed by atoms with van der Waals surface area (Å²) in [5, 5.41) is 5.23. The number of aromatic nitrogens is 1. The second-order valence-electron chi connectivity index (χ2n) is 4.70. The van der Waals surface area contributed by atoms with Crippen LogP contribution >= 0.6 is 0 Å². The molecule has 1 N–H and O–H groups in total. The van der Waals surface area contributed by atoms with Crippen LogP contribution in [-0.4, -0.2) is 31.5 Å². The summed E-state index contributed by atoms with van der Waals surface area (Å²) in [5.41, 5.74) is 1.08. The number of nitrogens with zero attached hydrogens (tertiary/aromatic N) is 2. The number of anilines is 1. The predicted octanol–water partition coefficient (Wildman–Crippen LogP) is 3.05. The highest BCUT2D eigenvalue weighted by atomic mass is 19.3. The Balaban J connectivity index is 2.42. The molecule has 0 unspecified atom stereocenters. The first-order chi connectivity index (χ1) is 9.63. The van der Waals surface area contributed by atoms with E-state index in [1.54, 1.807) is 13.2 Å². The number of benzene rings is 1. The van der Waals surface area contributed by atoms with Crippen LogP contribution in [0.15, 0.2) is 30.5 Å². The van der Waals surface area contributed by atoms with Crippen LogP contribution in [0.3, 0.4) is 0 Å². The molecule has 0 amide bonds. The van der Waals surface area contributed by atoms with Crippen molar-refractivity contribution in [1.82, 2.24) is 10.3 Å². The van der Waals surface area contributed by atoms with Crippen molar-refractivity contribution in [3.63, 3.8) is 0 Å². The summed E-state index contributed by atoms with van der Waals surface area (Å²) in [5.74, 6) is 0.598. The van der Waals surface area contributed by atoms with Gasteiger partial charge in [0.2, 0.25) is 0 Å². The molecule has 1 heterocycles. The minimum atomic E-state index is -2.37. The monoisotopic (exact) mass is 279 g/mol. The van der Waals surface area contributed by atoms with Gasteiger partial charge in [0.25, 0.3) is 6.43 Å². The van der Waals surface area contributed by atoms with Crippen LogP contribution in [0.4, 0.5) is 14.6 Å². The number of pyridine rings is 1. The van der Waals surface area contributed by atoms with Crippen molar-refractivity contribution in [3.05, 3.63) is 36.0 Å². The molecule has 1 aromatic carbocycles. The summed E-state index contributed by atoms with van der Waals surface area (Å²) < 4.78 is 25.1. The topological polar surface area (TPSA) is 28.2 Å². The third-order valence-electron chi connectivity index (χ3n) is 3.20. The van der Waals surface area contributed by atoms with Crippen LogP contribution in [0, 0.1) is 0 Å². The van der Waals surface area contributed by atoms with E-state index in [2.05, 4.69) is 10.3 Å². The molecule has 3 nitrogen and oxygen atoms in total. The van der Waals surface area contributed by atoms with E-state index in [1.165, 1.54) is 4.90 Å². The SMILES string of the molecule is CCNCc1cnc(N(C)CC(F)F)c2ccccc12. The molecule has 0 aliphatic carbocycles. The molecule has 0 bridgehead atoms. The number of rotatable bonds is 6. The summed E-state index contributed by atoms with van der Waals surface area (Å²) in [6, 6.07) is 7.79. The highest BCUT2D eigenvalue weighted by Crippen LogP contribution is 2.26. The van der Waals surface area contributed by atoms with Crippen LogP contribution in [0.2, 0.25) is 0 Å². The molecule has 20 heavy (non-hydrogen) atoms. The van der Waals surface area contributed by atoms with Crippen LogP contribution in [0.1, 0.15) is 12.5 Å². The van der Waals surface area contributed by atoms with E-state index in [-0.39, 0.29) is 6.54 Å². The van der Waals surface area contributed by atoms with E-state index in [0.717, 1.165) is 29.4 Å². The number of halogens is 2. The van der Waals surface area contributed by atoms with E-state index in [4.69, 9.17) is 0 Å². The Morgan fingerprint density at radius 3 is 2.60 bits per heavy atom. The fraction of sp³-hybridized carbons (Fsp3) is 0.400. The van der Waals surface area contributed by atoms with Crippen molar-refractivity contribution < 1.29 is 8.78 Å². The summed E-state index contributed by atoms with van der Waals surface area (Å²) in [6.07, 6.45) is -0.607. The van der Waals surface area contributed by atoms with Gasteiger partial charge in [-0.3, -0.25) is 0 Å². The fourth-order valence-corrected chi connectivity index (χ4v) is 2.23. The van der Waals surface area contributed by atoms with Gasteiger partial charge >= 0.3 is 0 Å². The zero-order valence-electron chi connectivity index (χ0n) is 11.7. The highest BCUT2D eigenvalue weighted by molar-refractivity contribution is 5.94. The normalized spacial score (nSPS) is 11.2. The number of nitrogens with one attached hydrogen (secondary N) is 1. The van der Waals surface area contributed by atoms with Crippen molar-refractivity contribution in [2.45, 2.75) is 19.9 Å². The van der Waals surface area contributed by atoms with E-state index >= 15 is 0 Å². The van der Waals surface area contributed by atoms with Crippen LogP contribution in [0.5, 0.6) is 0 Å². The van der Waals surface area contributed by atoms with Crippen LogP contribution in [-0.2, 0) is 6.54 Å². The molecule has 0 aliphatic heterocycles. The van der Waals surface area contributed by atoms with Crippen molar-refractivity contribution in [1.29, 1.82) is 0 Å². The van der Waals surface area contributed by atoms with Gasteiger partial charge in [0.05, 0.1) is 6.54 Å². The van der Waals surface area contributed by atoms with E-state index in [9.17, 15) is 8.78 Å². The summed E-state index contributed by atoms with van der Waals surface area (Å²) in [4.78, 5) is 5.87. The Bertz CT molecular complexity index is 572. The number of hydrogen-bond acceptors (Lipinski definition) is 3. The third kappa shape index (κ3) is 3.22. The molecular formula is C15H19F2N3. The van der Waals surface area contributed by atoms with Gasteiger partial charge in [-0.1, -0.05) is 31.2 Å². The van der Waals surface area contributed by atoms with Gasteiger partial charge in [-0.15, -0.1) is 0 Å². The summed E-state index contributed by atoms with van der Waals surface area (Å²) in [6.45, 7) is 3.33. The number of hydrogen-bond donors (Lipinski definition) is 1. The zero-order chi connectivity index (χ0) is 14.5. The first kappa shape index (κ1) is 14.7. The molecule has 108 valence electrons. The summed E-state index contributed by atoms with van der Waals surface area (Å²) >= 11 is 0. The van der Waals surface area contributed by atoms with Crippen molar-refractivity contribution in [2.24, 2.45) is 0 Å². The van der Waals surface area contributed by atoms with Crippen LogP contribution < -0.4 is 10.2 Å². The molecule has 0 fully saturated rings. The predicted molar refractivity (Wildman–Crippen MR) is 78.4 cm³/mol. The molecule has 0 saturated carbocycles. The Labute approximate surface area is 117 Å². The first-order valence-electron chi connectivity index (χ1n) is 6.70. The quantitative estimate of drug-likeness (QED) is 0.881. The van der Waals surface area contributed by atoms with Crippen molar-refractivity contribution >= 4 is 16.6 Å². The van der Waals surface area contributed by atoms with E-state index in [0.29, 0.717) is 5.82 Å². The fourth-order valence-electron chi connectivity index (χ4n) is 2.23. The average molecular weight is 279 g/mol.